The van der Waals surface area contributed by atoms with Crippen molar-refractivity contribution in [1.82, 2.24) is 4.31 Å². The van der Waals surface area contributed by atoms with Gasteiger partial charge in [-0.15, -0.1) is 0 Å². The van der Waals surface area contributed by atoms with Crippen molar-refractivity contribution in [3.8, 4) is 0 Å². The first-order valence-electron chi connectivity index (χ1n) is 10.1. The molecule has 33 heavy (non-hydrogen) atoms. The molecule has 6 nitrogen and oxygen atoms in total. The average Bonchev–Trinajstić information content (AvgIpc) is 2.82. The number of sulfonamides is 1. The van der Waals surface area contributed by atoms with Gasteiger partial charge in [0.2, 0.25) is 10.0 Å². The minimum atomic E-state index is -3.86. The summed E-state index contributed by atoms with van der Waals surface area (Å²) >= 11 is 0. The van der Waals surface area contributed by atoms with E-state index in [4.69, 9.17) is 0 Å². The molecular weight excluding hydrogens is 455 g/mol. The average molecular weight is 475 g/mol. The monoisotopic (exact) mass is 475 g/mol. The summed E-state index contributed by atoms with van der Waals surface area (Å²) in [6.45, 7) is 1.32. The highest BCUT2D eigenvalue weighted by Crippen LogP contribution is 2.23. The lowest BCUT2D eigenvalue weighted by molar-refractivity contribution is 0.102. The van der Waals surface area contributed by atoms with E-state index < -0.39 is 27.6 Å². The molecule has 0 radical (unpaired) electrons. The standard InChI is InChI=1S/C23H20F3N3O3S/c24-17-4-7-19(8-5-17)28-10-12-29(13-11-28)33(31,32)20-3-1-2-16(14-20)23(30)27-18-6-9-21(25)22(26)15-18/h1-9,14-15H,10-13H2,(H,27,30). The van der Waals surface area contributed by atoms with Crippen molar-refractivity contribution in [2.45, 2.75) is 4.90 Å². The number of nitrogens with zero attached hydrogens (tertiary/aromatic N) is 2. The van der Waals surface area contributed by atoms with Crippen LogP contribution in [-0.4, -0.2) is 44.8 Å². The predicted octanol–water partition coefficient (Wildman–Crippen LogP) is 3.87. The lowest BCUT2D eigenvalue weighted by Gasteiger charge is -2.35. The molecule has 0 unspecified atom stereocenters. The fourth-order valence-electron chi connectivity index (χ4n) is 3.56. The van der Waals surface area contributed by atoms with E-state index in [1.165, 1.54) is 46.8 Å². The molecule has 0 saturated carbocycles. The van der Waals surface area contributed by atoms with Crippen molar-refractivity contribution in [3.05, 3.63) is 89.7 Å². The number of benzene rings is 3. The number of halogens is 3. The van der Waals surface area contributed by atoms with Crippen LogP contribution in [0.1, 0.15) is 10.4 Å². The molecule has 1 heterocycles. The lowest BCUT2D eigenvalue weighted by atomic mass is 10.2. The van der Waals surface area contributed by atoms with Gasteiger partial charge in [0.15, 0.2) is 11.6 Å². The van der Waals surface area contributed by atoms with Crippen LogP contribution in [0.5, 0.6) is 0 Å². The maximum atomic E-state index is 13.4. The largest absolute Gasteiger partial charge is 0.369 e. The van der Waals surface area contributed by atoms with E-state index in [1.807, 2.05) is 4.90 Å². The van der Waals surface area contributed by atoms with Gasteiger partial charge in [0.05, 0.1) is 4.90 Å². The Labute approximate surface area is 189 Å². The van der Waals surface area contributed by atoms with Crippen LogP contribution < -0.4 is 10.2 Å². The SMILES string of the molecule is O=C(Nc1ccc(F)c(F)c1)c1cccc(S(=O)(=O)N2CCN(c3ccc(F)cc3)CC2)c1. The zero-order chi connectivity index (χ0) is 23.6. The zero-order valence-corrected chi connectivity index (χ0v) is 18.2. The molecule has 1 aliphatic rings. The number of rotatable bonds is 5. The Morgan fingerprint density at radius 3 is 2.18 bits per heavy atom. The molecule has 3 aromatic rings. The molecule has 1 saturated heterocycles. The number of piperazine rings is 1. The van der Waals surface area contributed by atoms with E-state index in [9.17, 15) is 26.4 Å². The Morgan fingerprint density at radius 2 is 1.52 bits per heavy atom. The third kappa shape index (κ3) is 5.01. The van der Waals surface area contributed by atoms with E-state index in [0.717, 1.165) is 17.8 Å². The molecule has 0 spiro atoms. The van der Waals surface area contributed by atoms with Crippen molar-refractivity contribution in [1.29, 1.82) is 0 Å². The second kappa shape index (κ2) is 9.24. The molecule has 1 amide bonds. The first-order chi connectivity index (χ1) is 15.7. The van der Waals surface area contributed by atoms with Gasteiger partial charge in [-0.2, -0.15) is 4.31 Å². The van der Waals surface area contributed by atoms with Crippen LogP contribution in [-0.2, 0) is 10.0 Å². The summed E-state index contributed by atoms with van der Waals surface area (Å²) in [4.78, 5) is 14.4. The first-order valence-corrected chi connectivity index (χ1v) is 11.6. The van der Waals surface area contributed by atoms with Crippen LogP contribution in [0.3, 0.4) is 0 Å². The Morgan fingerprint density at radius 1 is 0.818 bits per heavy atom. The van der Waals surface area contributed by atoms with Crippen molar-refractivity contribution in [2.75, 3.05) is 36.4 Å². The van der Waals surface area contributed by atoms with E-state index in [0.29, 0.717) is 13.1 Å². The highest BCUT2D eigenvalue weighted by molar-refractivity contribution is 7.89. The molecule has 1 aliphatic heterocycles. The molecule has 1 fully saturated rings. The van der Waals surface area contributed by atoms with Gasteiger partial charge in [0.25, 0.3) is 5.91 Å². The highest BCUT2D eigenvalue weighted by Gasteiger charge is 2.29. The third-order valence-corrected chi connectivity index (χ3v) is 7.24. The van der Waals surface area contributed by atoms with Crippen LogP contribution in [0.2, 0.25) is 0 Å². The minimum absolute atomic E-state index is 0.0454. The van der Waals surface area contributed by atoms with Crippen molar-refractivity contribution < 1.29 is 26.4 Å². The molecule has 10 heteroatoms. The smallest absolute Gasteiger partial charge is 0.255 e. The maximum Gasteiger partial charge on any atom is 0.255 e. The summed E-state index contributed by atoms with van der Waals surface area (Å²) in [6.07, 6.45) is 0. The molecular formula is C23H20F3N3O3S. The van der Waals surface area contributed by atoms with Crippen LogP contribution >= 0.6 is 0 Å². The topological polar surface area (TPSA) is 69.7 Å². The number of amides is 1. The highest BCUT2D eigenvalue weighted by atomic mass is 32.2. The van der Waals surface area contributed by atoms with Crippen LogP contribution in [0.4, 0.5) is 24.5 Å². The normalized spacial score (nSPS) is 14.8. The summed E-state index contributed by atoms with van der Waals surface area (Å²) in [5.41, 5.74) is 0.916. The summed E-state index contributed by atoms with van der Waals surface area (Å²) in [6, 6.07) is 14.5. The lowest BCUT2D eigenvalue weighted by Crippen LogP contribution is -2.48. The molecule has 172 valence electrons. The zero-order valence-electron chi connectivity index (χ0n) is 17.3. The molecule has 0 atom stereocenters. The van der Waals surface area contributed by atoms with Crippen LogP contribution in [0, 0.1) is 17.5 Å². The Kier molecular flexibility index (Phi) is 6.39. The molecule has 0 aromatic heterocycles. The van der Waals surface area contributed by atoms with Gasteiger partial charge in [-0.1, -0.05) is 6.07 Å². The van der Waals surface area contributed by atoms with Crippen molar-refractivity contribution >= 4 is 27.3 Å². The number of carbonyl (C=O) groups excluding carboxylic acids is 1. The summed E-state index contributed by atoms with van der Waals surface area (Å²) in [5, 5.41) is 2.42. The number of hydrogen-bond donors (Lipinski definition) is 1. The quantitative estimate of drug-likeness (QED) is 0.609. The number of nitrogens with one attached hydrogen (secondary N) is 1. The number of carbonyl (C=O) groups is 1. The van der Waals surface area contributed by atoms with Gasteiger partial charge in [-0.25, -0.2) is 21.6 Å². The minimum Gasteiger partial charge on any atom is -0.369 e. The fraction of sp³-hybridized carbons (Fsp3) is 0.174. The summed E-state index contributed by atoms with van der Waals surface area (Å²) in [7, 11) is -3.86. The molecule has 3 aromatic carbocycles. The van der Waals surface area contributed by atoms with Gasteiger partial charge < -0.3 is 10.2 Å². The summed E-state index contributed by atoms with van der Waals surface area (Å²) in [5.74, 6) is -3.14. The van der Waals surface area contributed by atoms with E-state index >= 15 is 0 Å². The van der Waals surface area contributed by atoms with E-state index in [-0.39, 0.29) is 35.1 Å². The van der Waals surface area contributed by atoms with E-state index in [1.54, 1.807) is 12.1 Å². The molecule has 0 aliphatic carbocycles. The predicted molar refractivity (Wildman–Crippen MR) is 118 cm³/mol. The molecule has 4 rings (SSSR count). The summed E-state index contributed by atoms with van der Waals surface area (Å²) < 4.78 is 67.2. The fourth-order valence-corrected chi connectivity index (χ4v) is 5.03. The molecule has 0 bridgehead atoms. The van der Waals surface area contributed by atoms with Crippen LogP contribution in [0.25, 0.3) is 0 Å². The van der Waals surface area contributed by atoms with Gasteiger partial charge in [0, 0.05) is 49.2 Å². The second-order valence-corrected chi connectivity index (χ2v) is 9.42. The first kappa shape index (κ1) is 22.8. The Bertz CT molecular complexity index is 1280. The van der Waals surface area contributed by atoms with Crippen molar-refractivity contribution in [3.63, 3.8) is 0 Å². The van der Waals surface area contributed by atoms with Gasteiger partial charge in [0.1, 0.15) is 5.82 Å². The molecule has 1 N–H and O–H groups in total. The van der Waals surface area contributed by atoms with E-state index in [2.05, 4.69) is 5.32 Å². The Balaban J connectivity index is 1.46. The number of anilines is 2. The number of hydrogen-bond acceptors (Lipinski definition) is 4. The Hall–Kier alpha value is -3.37. The van der Waals surface area contributed by atoms with Gasteiger partial charge >= 0.3 is 0 Å². The van der Waals surface area contributed by atoms with Gasteiger partial charge in [-0.3, -0.25) is 4.79 Å². The second-order valence-electron chi connectivity index (χ2n) is 7.48. The third-order valence-electron chi connectivity index (χ3n) is 5.34. The van der Waals surface area contributed by atoms with Crippen LogP contribution in [0.15, 0.2) is 71.6 Å². The van der Waals surface area contributed by atoms with Gasteiger partial charge in [-0.05, 0) is 54.6 Å². The van der Waals surface area contributed by atoms with Crippen molar-refractivity contribution in [2.24, 2.45) is 0 Å². The maximum absolute atomic E-state index is 13.4.